The molecule has 0 aliphatic carbocycles. The summed E-state index contributed by atoms with van der Waals surface area (Å²) in [7, 11) is 0. The van der Waals surface area contributed by atoms with Crippen molar-refractivity contribution in [3.05, 3.63) is 17.2 Å². The fraction of sp³-hybridized carbons (Fsp3) is 0.500. The van der Waals surface area contributed by atoms with Gasteiger partial charge in [-0.05, 0) is 12.8 Å². The zero-order valence-electron chi connectivity index (χ0n) is 9.02. The van der Waals surface area contributed by atoms with Crippen molar-refractivity contribution < 1.29 is 9.32 Å². The van der Waals surface area contributed by atoms with Crippen LogP contribution in [-0.4, -0.2) is 20.8 Å². The van der Waals surface area contributed by atoms with Gasteiger partial charge in [-0.1, -0.05) is 19.0 Å². The first-order valence-electron chi connectivity index (χ1n) is 4.92. The van der Waals surface area contributed by atoms with Crippen molar-refractivity contribution in [3.8, 4) is 0 Å². The Kier molecular flexibility index (Phi) is 2.30. The molecule has 5 nitrogen and oxygen atoms in total. The number of fused-ring (bicyclic) bond motifs is 1. The monoisotopic (exact) mass is 207 g/mol. The molecule has 0 saturated carbocycles. The van der Waals surface area contributed by atoms with Crippen molar-refractivity contribution in [2.24, 2.45) is 5.92 Å². The van der Waals surface area contributed by atoms with Crippen LogP contribution in [0.2, 0.25) is 0 Å². The van der Waals surface area contributed by atoms with Crippen LogP contribution in [0.1, 0.15) is 35.9 Å². The van der Waals surface area contributed by atoms with Gasteiger partial charge in [0, 0.05) is 6.42 Å². The van der Waals surface area contributed by atoms with E-state index < -0.39 is 0 Å². The fourth-order valence-electron chi connectivity index (χ4n) is 1.59. The van der Waals surface area contributed by atoms with Gasteiger partial charge in [0.2, 0.25) is 0 Å². The molecule has 0 amide bonds. The second kappa shape index (κ2) is 3.49. The molecule has 2 aromatic heterocycles. The lowest BCUT2D eigenvalue weighted by Gasteiger charge is -2.00. The molecule has 0 N–H and O–H groups in total. The summed E-state index contributed by atoms with van der Waals surface area (Å²) in [4.78, 5) is 15.0. The molecule has 0 saturated heterocycles. The maximum Gasteiger partial charge on any atom is 0.332 e. The maximum atomic E-state index is 10.9. The van der Waals surface area contributed by atoms with E-state index in [2.05, 4.69) is 24.0 Å². The summed E-state index contributed by atoms with van der Waals surface area (Å²) < 4.78 is 6.74. The van der Waals surface area contributed by atoms with E-state index in [0.29, 0.717) is 23.1 Å². The topological polar surface area (TPSA) is 60.4 Å². The van der Waals surface area contributed by atoms with E-state index in [4.69, 9.17) is 4.52 Å². The molecular weight excluding hydrogens is 194 g/mol. The van der Waals surface area contributed by atoms with Crippen molar-refractivity contribution >= 4 is 12.1 Å². The van der Waals surface area contributed by atoms with Crippen LogP contribution in [0.4, 0.5) is 0 Å². The molecule has 0 aliphatic heterocycles. The molecule has 0 radical (unpaired) electrons. The summed E-state index contributed by atoms with van der Waals surface area (Å²) in [5.74, 6) is 1.61. The van der Waals surface area contributed by atoms with Gasteiger partial charge < -0.3 is 4.52 Å². The third-order valence-corrected chi connectivity index (χ3v) is 2.26. The summed E-state index contributed by atoms with van der Waals surface area (Å²) in [5.41, 5.74) is 1.21. The van der Waals surface area contributed by atoms with E-state index in [-0.39, 0.29) is 0 Å². The van der Waals surface area contributed by atoms with Crippen molar-refractivity contribution in [1.82, 2.24) is 14.5 Å². The number of nitrogens with zero attached hydrogens (tertiary/aromatic N) is 3. The lowest BCUT2D eigenvalue weighted by Crippen LogP contribution is -2.02. The van der Waals surface area contributed by atoms with Crippen LogP contribution in [0.5, 0.6) is 0 Å². The summed E-state index contributed by atoms with van der Waals surface area (Å²) in [6, 6.07) is 0. The number of rotatable bonds is 3. The zero-order valence-corrected chi connectivity index (χ0v) is 9.02. The van der Waals surface area contributed by atoms with E-state index in [0.717, 1.165) is 18.5 Å². The molecule has 2 heterocycles. The van der Waals surface area contributed by atoms with Gasteiger partial charge in [-0.25, -0.2) is 4.40 Å². The molecule has 0 bridgehead atoms. The molecule has 0 aliphatic rings. The Morgan fingerprint density at radius 2 is 2.27 bits per heavy atom. The second-order valence-electron chi connectivity index (χ2n) is 4.02. The SMILES string of the molecule is Cc1nc2onc(CC(C)C)n2c1C=O. The van der Waals surface area contributed by atoms with Gasteiger partial charge in [-0.3, -0.25) is 4.79 Å². The van der Waals surface area contributed by atoms with Gasteiger partial charge in [0.25, 0.3) is 0 Å². The minimum Gasteiger partial charge on any atom is -0.315 e. The molecule has 0 fully saturated rings. The normalized spacial score (nSPS) is 11.5. The molecule has 2 rings (SSSR count). The molecule has 0 unspecified atom stereocenters. The van der Waals surface area contributed by atoms with Gasteiger partial charge in [-0.2, -0.15) is 4.98 Å². The largest absolute Gasteiger partial charge is 0.332 e. The average Bonchev–Trinajstić information content (AvgIpc) is 2.65. The number of hydrogen-bond acceptors (Lipinski definition) is 4. The quantitative estimate of drug-likeness (QED) is 0.718. The molecule has 2 aromatic rings. The van der Waals surface area contributed by atoms with E-state index in [9.17, 15) is 4.79 Å². The highest BCUT2D eigenvalue weighted by atomic mass is 16.5. The molecule has 0 spiro atoms. The second-order valence-corrected chi connectivity index (χ2v) is 4.02. The van der Waals surface area contributed by atoms with Crippen LogP contribution >= 0.6 is 0 Å². The lowest BCUT2D eigenvalue weighted by molar-refractivity contribution is 0.111. The molecule has 80 valence electrons. The third kappa shape index (κ3) is 1.54. The summed E-state index contributed by atoms with van der Waals surface area (Å²) in [6.07, 6.45) is 1.56. The van der Waals surface area contributed by atoms with Crippen molar-refractivity contribution in [2.45, 2.75) is 27.2 Å². The lowest BCUT2D eigenvalue weighted by atomic mass is 10.1. The number of carbonyl (C=O) groups excluding carboxylic acids is 1. The highest BCUT2D eigenvalue weighted by molar-refractivity contribution is 5.75. The van der Waals surface area contributed by atoms with Gasteiger partial charge >= 0.3 is 5.84 Å². The molecule has 5 heteroatoms. The molecule has 15 heavy (non-hydrogen) atoms. The first-order chi connectivity index (χ1) is 7.13. The van der Waals surface area contributed by atoms with E-state index in [1.54, 1.807) is 11.3 Å². The van der Waals surface area contributed by atoms with Gasteiger partial charge in [0.05, 0.1) is 5.69 Å². The first kappa shape index (κ1) is 9.89. The fourth-order valence-corrected chi connectivity index (χ4v) is 1.59. The summed E-state index contributed by atoms with van der Waals surface area (Å²) in [5, 5.41) is 3.91. The predicted octanol–water partition coefficient (Wildman–Crippen LogP) is 1.64. The Balaban J connectivity index is 2.60. The Labute approximate surface area is 87.1 Å². The van der Waals surface area contributed by atoms with Crippen LogP contribution in [0.3, 0.4) is 0 Å². The first-order valence-corrected chi connectivity index (χ1v) is 4.92. The van der Waals surface area contributed by atoms with Crippen molar-refractivity contribution in [3.63, 3.8) is 0 Å². The molecule has 0 atom stereocenters. The smallest absolute Gasteiger partial charge is 0.315 e. The van der Waals surface area contributed by atoms with Crippen LogP contribution in [0, 0.1) is 12.8 Å². The number of aromatic nitrogens is 3. The van der Waals surface area contributed by atoms with Gasteiger partial charge in [0.1, 0.15) is 5.69 Å². The Morgan fingerprint density at radius 3 is 2.87 bits per heavy atom. The highest BCUT2D eigenvalue weighted by Crippen LogP contribution is 2.15. The van der Waals surface area contributed by atoms with Crippen LogP contribution < -0.4 is 0 Å². The van der Waals surface area contributed by atoms with Gasteiger partial charge in [0.15, 0.2) is 12.1 Å². The summed E-state index contributed by atoms with van der Waals surface area (Å²) >= 11 is 0. The number of aldehydes is 1. The van der Waals surface area contributed by atoms with Crippen LogP contribution in [0.25, 0.3) is 5.84 Å². The standard InChI is InChI=1S/C10H13N3O2/c1-6(2)4-9-12-15-10-11-7(3)8(5-14)13(9)10/h5-6H,4H2,1-3H3. The zero-order chi connectivity index (χ0) is 11.0. The highest BCUT2D eigenvalue weighted by Gasteiger charge is 2.16. The van der Waals surface area contributed by atoms with Gasteiger partial charge in [-0.15, -0.1) is 0 Å². The van der Waals surface area contributed by atoms with Crippen LogP contribution in [-0.2, 0) is 6.42 Å². The predicted molar refractivity (Wildman–Crippen MR) is 53.9 cm³/mol. The van der Waals surface area contributed by atoms with E-state index in [1.807, 2.05) is 0 Å². The van der Waals surface area contributed by atoms with Crippen molar-refractivity contribution in [2.75, 3.05) is 0 Å². The Bertz CT molecular complexity index is 496. The maximum absolute atomic E-state index is 10.9. The number of imidazole rings is 1. The molecule has 0 aromatic carbocycles. The van der Waals surface area contributed by atoms with E-state index in [1.165, 1.54) is 0 Å². The minimum absolute atomic E-state index is 0.394. The Morgan fingerprint density at radius 1 is 1.53 bits per heavy atom. The van der Waals surface area contributed by atoms with Crippen LogP contribution in [0.15, 0.2) is 4.52 Å². The Hall–Kier alpha value is -1.65. The summed E-state index contributed by atoms with van der Waals surface area (Å²) in [6.45, 7) is 5.96. The molecular formula is C10H13N3O2. The number of aryl methyl sites for hydroxylation is 1. The minimum atomic E-state index is 0.394. The van der Waals surface area contributed by atoms with E-state index >= 15 is 0 Å². The number of carbonyl (C=O) groups is 1. The van der Waals surface area contributed by atoms with Crippen molar-refractivity contribution in [1.29, 1.82) is 0 Å². The third-order valence-electron chi connectivity index (χ3n) is 2.26. The number of hydrogen-bond donors (Lipinski definition) is 0. The average molecular weight is 207 g/mol.